The lowest BCUT2D eigenvalue weighted by atomic mass is 9.77. The van der Waals surface area contributed by atoms with Gasteiger partial charge < -0.3 is 10.0 Å². The predicted octanol–water partition coefficient (Wildman–Crippen LogP) is 0.982. The van der Waals surface area contributed by atoms with Crippen molar-refractivity contribution in [3.05, 3.63) is 27.7 Å². The molecule has 0 radical (unpaired) electrons. The Kier molecular flexibility index (Phi) is 3.01. The first kappa shape index (κ1) is 9.87. The topological polar surface area (TPSA) is 40.5 Å². The molecule has 0 unspecified atom stereocenters. The van der Waals surface area contributed by atoms with Gasteiger partial charge in [-0.15, -0.1) is 0 Å². The van der Waals surface area contributed by atoms with E-state index in [4.69, 9.17) is 33.2 Å². The van der Waals surface area contributed by atoms with Gasteiger partial charge in [-0.2, -0.15) is 0 Å². The Morgan fingerprint density at radius 1 is 1.25 bits per heavy atom. The fourth-order valence-electron chi connectivity index (χ4n) is 0.934. The summed E-state index contributed by atoms with van der Waals surface area (Å²) >= 11 is 11.4. The van der Waals surface area contributed by atoms with Crippen LogP contribution in [0, 0.1) is 6.92 Å². The summed E-state index contributed by atoms with van der Waals surface area (Å²) in [5.41, 5.74) is 0.976. The molecular formula is C7H7BCl2O2. The molecule has 0 bridgehead atoms. The number of halogens is 2. The van der Waals surface area contributed by atoms with Crippen LogP contribution in [0.1, 0.15) is 5.56 Å². The molecule has 0 saturated heterocycles. The molecule has 0 aliphatic carbocycles. The zero-order valence-corrected chi connectivity index (χ0v) is 7.89. The van der Waals surface area contributed by atoms with Crippen LogP contribution in [0.4, 0.5) is 0 Å². The normalized spacial score (nSPS) is 10.1. The van der Waals surface area contributed by atoms with E-state index in [0.717, 1.165) is 0 Å². The molecule has 0 fully saturated rings. The van der Waals surface area contributed by atoms with E-state index in [1.54, 1.807) is 13.0 Å². The lowest BCUT2D eigenvalue weighted by Gasteiger charge is -2.06. The van der Waals surface area contributed by atoms with E-state index in [1.165, 1.54) is 6.07 Å². The number of hydrogen-bond acceptors (Lipinski definition) is 2. The van der Waals surface area contributed by atoms with Gasteiger partial charge in [0.1, 0.15) is 0 Å². The van der Waals surface area contributed by atoms with Gasteiger partial charge in [-0.3, -0.25) is 0 Å². The average Bonchev–Trinajstić information content (AvgIpc) is 1.96. The highest BCUT2D eigenvalue weighted by molar-refractivity contribution is 6.60. The molecule has 12 heavy (non-hydrogen) atoms. The Bertz CT molecular complexity index is 302. The Labute approximate surface area is 80.9 Å². The molecule has 2 nitrogen and oxygen atoms in total. The molecular weight excluding hydrogens is 198 g/mol. The average molecular weight is 205 g/mol. The van der Waals surface area contributed by atoms with Gasteiger partial charge in [0.05, 0.1) is 0 Å². The maximum atomic E-state index is 8.89. The second-order valence-corrected chi connectivity index (χ2v) is 3.32. The predicted molar refractivity (Wildman–Crippen MR) is 51.0 cm³/mol. The second kappa shape index (κ2) is 3.67. The fraction of sp³-hybridized carbons (Fsp3) is 0.143. The summed E-state index contributed by atoms with van der Waals surface area (Å²) in [6.45, 7) is 1.70. The van der Waals surface area contributed by atoms with Crippen LogP contribution in [0.5, 0.6) is 0 Å². The maximum Gasteiger partial charge on any atom is 0.488 e. The minimum absolute atomic E-state index is 0.340. The van der Waals surface area contributed by atoms with E-state index in [1.807, 2.05) is 0 Å². The van der Waals surface area contributed by atoms with Crippen molar-refractivity contribution in [2.75, 3.05) is 0 Å². The molecule has 0 heterocycles. The monoisotopic (exact) mass is 204 g/mol. The Morgan fingerprint density at radius 2 is 1.83 bits per heavy atom. The maximum absolute atomic E-state index is 8.89. The third-order valence-electron chi connectivity index (χ3n) is 1.63. The van der Waals surface area contributed by atoms with E-state index in [2.05, 4.69) is 0 Å². The van der Waals surface area contributed by atoms with Crippen LogP contribution < -0.4 is 5.46 Å². The Balaban J connectivity index is 3.28. The molecule has 1 aromatic carbocycles. The van der Waals surface area contributed by atoms with Crippen molar-refractivity contribution in [1.29, 1.82) is 0 Å². The highest BCUT2D eigenvalue weighted by Crippen LogP contribution is 2.18. The van der Waals surface area contributed by atoms with Crippen molar-refractivity contribution in [3.8, 4) is 0 Å². The molecule has 0 amide bonds. The zero-order chi connectivity index (χ0) is 9.30. The van der Waals surface area contributed by atoms with Gasteiger partial charge in [-0.1, -0.05) is 23.2 Å². The van der Waals surface area contributed by atoms with Crippen molar-refractivity contribution in [1.82, 2.24) is 0 Å². The highest BCUT2D eigenvalue weighted by atomic mass is 35.5. The van der Waals surface area contributed by atoms with Crippen molar-refractivity contribution < 1.29 is 10.0 Å². The van der Waals surface area contributed by atoms with Gasteiger partial charge in [0, 0.05) is 10.0 Å². The quantitative estimate of drug-likeness (QED) is 0.670. The van der Waals surface area contributed by atoms with Gasteiger partial charge in [-0.05, 0) is 30.1 Å². The van der Waals surface area contributed by atoms with Crippen LogP contribution in [0.3, 0.4) is 0 Å². The van der Waals surface area contributed by atoms with E-state index >= 15 is 0 Å². The van der Waals surface area contributed by atoms with Gasteiger partial charge in [0.2, 0.25) is 0 Å². The Morgan fingerprint density at radius 3 is 2.33 bits per heavy atom. The largest absolute Gasteiger partial charge is 0.488 e. The van der Waals surface area contributed by atoms with Crippen LogP contribution >= 0.6 is 23.2 Å². The summed E-state index contributed by atoms with van der Waals surface area (Å²) in [4.78, 5) is 0. The molecule has 0 aliphatic heterocycles. The first-order chi connectivity index (χ1) is 5.52. The van der Waals surface area contributed by atoms with E-state index in [0.29, 0.717) is 21.1 Å². The lowest BCUT2D eigenvalue weighted by Crippen LogP contribution is -2.32. The number of hydrogen-bond donors (Lipinski definition) is 2. The molecule has 0 saturated carbocycles. The Hall–Kier alpha value is -0.215. The van der Waals surface area contributed by atoms with Crippen molar-refractivity contribution in [3.63, 3.8) is 0 Å². The van der Waals surface area contributed by atoms with Crippen LogP contribution in [0.25, 0.3) is 0 Å². The van der Waals surface area contributed by atoms with Gasteiger partial charge >= 0.3 is 7.12 Å². The minimum Gasteiger partial charge on any atom is -0.423 e. The standard InChI is InChI=1S/C7H7BCl2O2/c1-4-6(8(11)12)2-5(9)3-7(4)10/h2-3,11-12H,1H3. The summed E-state index contributed by atoms with van der Waals surface area (Å²) in [6.07, 6.45) is 0. The molecule has 0 atom stereocenters. The first-order valence-corrected chi connectivity index (χ1v) is 4.09. The van der Waals surface area contributed by atoms with Crippen molar-refractivity contribution in [2.45, 2.75) is 6.92 Å². The van der Waals surface area contributed by atoms with Gasteiger partial charge in [-0.25, -0.2) is 0 Å². The molecule has 5 heteroatoms. The summed E-state index contributed by atoms with van der Waals surface area (Å²) < 4.78 is 0. The molecule has 0 aliphatic rings. The fourth-order valence-corrected chi connectivity index (χ4v) is 1.44. The molecule has 1 rings (SSSR count). The first-order valence-electron chi connectivity index (χ1n) is 3.34. The van der Waals surface area contributed by atoms with Crippen LogP contribution in [0.15, 0.2) is 12.1 Å². The van der Waals surface area contributed by atoms with E-state index in [9.17, 15) is 0 Å². The summed E-state index contributed by atoms with van der Waals surface area (Å²) in [5, 5.41) is 18.6. The van der Waals surface area contributed by atoms with E-state index < -0.39 is 7.12 Å². The van der Waals surface area contributed by atoms with Crippen LogP contribution in [-0.4, -0.2) is 17.2 Å². The van der Waals surface area contributed by atoms with Crippen LogP contribution in [-0.2, 0) is 0 Å². The van der Waals surface area contributed by atoms with Crippen molar-refractivity contribution in [2.24, 2.45) is 0 Å². The zero-order valence-electron chi connectivity index (χ0n) is 6.38. The molecule has 0 aromatic heterocycles. The number of rotatable bonds is 1. The minimum atomic E-state index is -1.53. The lowest BCUT2D eigenvalue weighted by molar-refractivity contribution is 0.425. The van der Waals surface area contributed by atoms with E-state index in [-0.39, 0.29) is 0 Å². The van der Waals surface area contributed by atoms with Gasteiger partial charge in [0.15, 0.2) is 0 Å². The van der Waals surface area contributed by atoms with Gasteiger partial charge in [0.25, 0.3) is 0 Å². The van der Waals surface area contributed by atoms with Crippen LogP contribution in [0.2, 0.25) is 10.0 Å². The molecule has 2 N–H and O–H groups in total. The second-order valence-electron chi connectivity index (χ2n) is 2.48. The molecule has 64 valence electrons. The summed E-state index contributed by atoms with van der Waals surface area (Å²) in [7, 11) is -1.53. The smallest absolute Gasteiger partial charge is 0.423 e. The summed E-state index contributed by atoms with van der Waals surface area (Å²) in [5.74, 6) is 0. The third kappa shape index (κ3) is 1.93. The molecule has 0 spiro atoms. The SMILES string of the molecule is Cc1c(Cl)cc(Cl)cc1B(O)O. The number of benzene rings is 1. The highest BCUT2D eigenvalue weighted by Gasteiger charge is 2.16. The summed E-state index contributed by atoms with van der Waals surface area (Å²) in [6, 6.07) is 3.04. The third-order valence-corrected chi connectivity index (χ3v) is 2.24. The molecule has 1 aromatic rings. The van der Waals surface area contributed by atoms with Crippen molar-refractivity contribution >= 4 is 35.8 Å².